The third-order valence-electron chi connectivity index (χ3n) is 4.49. The molecule has 8 nitrogen and oxygen atoms in total. The zero-order valence-corrected chi connectivity index (χ0v) is 17.9. The summed E-state index contributed by atoms with van der Waals surface area (Å²) in [6, 6.07) is 11.3. The molecule has 0 saturated carbocycles. The summed E-state index contributed by atoms with van der Waals surface area (Å²) in [5.41, 5.74) is 0.434. The van der Waals surface area contributed by atoms with Crippen LogP contribution in [0, 0.1) is 0 Å². The predicted octanol–water partition coefficient (Wildman–Crippen LogP) is 4.54. The van der Waals surface area contributed by atoms with Crippen LogP contribution in [-0.2, 0) is 9.59 Å². The first-order chi connectivity index (χ1) is 14.8. The fourth-order valence-electron chi connectivity index (χ4n) is 3.21. The smallest absolute Gasteiger partial charge is 0.258 e. The molecule has 11 heteroatoms. The molecule has 4 rings (SSSR count). The number of anilines is 4. The van der Waals surface area contributed by atoms with Crippen LogP contribution in [0.1, 0.15) is 17.9 Å². The van der Waals surface area contributed by atoms with E-state index in [2.05, 4.69) is 25.9 Å². The average Bonchev–Trinajstić information content (AvgIpc) is 2.66. The fraction of sp³-hybridized carbons (Fsp3) is 0.100. The summed E-state index contributed by atoms with van der Waals surface area (Å²) >= 11 is 17.9. The Kier molecular flexibility index (Phi) is 5.86. The second-order valence-electron chi connectivity index (χ2n) is 6.76. The lowest BCUT2D eigenvalue weighted by molar-refractivity contribution is -0.123. The van der Waals surface area contributed by atoms with Crippen molar-refractivity contribution in [3.8, 4) is 0 Å². The number of hydrogen-bond acceptors (Lipinski definition) is 5. The first kappa shape index (κ1) is 21.2. The third-order valence-corrected chi connectivity index (χ3v) is 5.16. The number of H-pyrrole nitrogens is 1. The van der Waals surface area contributed by atoms with Crippen molar-refractivity contribution in [3.63, 3.8) is 0 Å². The Morgan fingerprint density at radius 2 is 1.71 bits per heavy atom. The van der Waals surface area contributed by atoms with E-state index in [9.17, 15) is 14.4 Å². The number of fused-ring (bicyclic) bond motifs is 1. The van der Waals surface area contributed by atoms with Gasteiger partial charge in [0.15, 0.2) is 0 Å². The van der Waals surface area contributed by atoms with Gasteiger partial charge < -0.3 is 16.0 Å². The van der Waals surface area contributed by atoms with Gasteiger partial charge in [-0.15, -0.1) is 0 Å². The standard InChI is InChI=1S/C20H14Cl3N5O3/c21-9-2-1-3-12(5-9)24-18(30)14-8-15(29)26-17-16(14)19(31)28-20(27-17)25-13-6-10(22)4-11(23)7-13/h1-7,14H,8H2,(H,24,30)(H3,25,26,27,28,29,31)/t14-/m0/s1. The van der Waals surface area contributed by atoms with Gasteiger partial charge in [0.05, 0.1) is 11.5 Å². The molecular formula is C20H14Cl3N5O3. The van der Waals surface area contributed by atoms with Crippen molar-refractivity contribution < 1.29 is 9.59 Å². The average molecular weight is 479 g/mol. The monoisotopic (exact) mass is 477 g/mol. The number of aromatic amines is 1. The van der Waals surface area contributed by atoms with E-state index in [1.807, 2.05) is 0 Å². The van der Waals surface area contributed by atoms with Crippen LogP contribution in [0.15, 0.2) is 47.3 Å². The molecule has 0 fully saturated rings. The third kappa shape index (κ3) is 4.82. The van der Waals surface area contributed by atoms with Crippen LogP contribution < -0.4 is 21.5 Å². The minimum absolute atomic E-state index is 0.00173. The molecule has 0 unspecified atom stereocenters. The zero-order valence-electron chi connectivity index (χ0n) is 15.6. The van der Waals surface area contributed by atoms with Crippen molar-refractivity contribution >= 4 is 69.8 Å². The van der Waals surface area contributed by atoms with E-state index in [0.717, 1.165) is 0 Å². The highest BCUT2D eigenvalue weighted by Crippen LogP contribution is 2.31. The maximum atomic E-state index is 12.8. The number of nitrogens with zero attached hydrogens (tertiary/aromatic N) is 1. The Bertz CT molecular complexity index is 1240. The largest absolute Gasteiger partial charge is 0.326 e. The summed E-state index contributed by atoms with van der Waals surface area (Å²) in [6.45, 7) is 0. The molecule has 1 atom stereocenters. The number of nitrogens with one attached hydrogen (secondary N) is 4. The highest BCUT2D eigenvalue weighted by molar-refractivity contribution is 6.35. The molecule has 2 aromatic carbocycles. The van der Waals surface area contributed by atoms with E-state index < -0.39 is 23.3 Å². The van der Waals surface area contributed by atoms with Gasteiger partial charge >= 0.3 is 0 Å². The van der Waals surface area contributed by atoms with E-state index in [-0.39, 0.29) is 23.8 Å². The van der Waals surface area contributed by atoms with Gasteiger partial charge in [-0.05, 0) is 36.4 Å². The van der Waals surface area contributed by atoms with Crippen molar-refractivity contribution in [3.05, 3.63) is 73.4 Å². The fourth-order valence-corrected chi connectivity index (χ4v) is 3.93. The Morgan fingerprint density at radius 1 is 1.00 bits per heavy atom. The normalized spacial score (nSPS) is 15.1. The van der Waals surface area contributed by atoms with Crippen molar-refractivity contribution in [1.82, 2.24) is 9.97 Å². The number of carbonyl (C=O) groups excluding carboxylic acids is 2. The number of aromatic nitrogens is 2. The number of amides is 2. The summed E-state index contributed by atoms with van der Waals surface area (Å²) < 4.78 is 0. The zero-order chi connectivity index (χ0) is 22.1. The van der Waals surface area contributed by atoms with Gasteiger partial charge in [0.1, 0.15) is 5.82 Å². The molecule has 0 bridgehead atoms. The molecule has 1 aliphatic heterocycles. The quantitative estimate of drug-likeness (QED) is 0.439. The number of hydrogen-bond donors (Lipinski definition) is 4. The van der Waals surface area contributed by atoms with Crippen LogP contribution >= 0.6 is 34.8 Å². The molecule has 0 spiro atoms. The molecule has 1 aliphatic rings. The first-order valence-corrected chi connectivity index (χ1v) is 10.2. The van der Waals surface area contributed by atoms with E-state index in [1.54, 1.807) is 42.5 Å². The second kappa shape index (κ2) is 8.58. The van der Waals surface area contributed by atoms with Gasteiger partial charge in [-0.2, -0.15) is 4.98 Å². The molecule has 2 heterocycles. The highest BCUT2D eigenvalue weighted by atomic mass is 35.5. The Balaban J connectivity index is 1.65. The van der Waals surface area contributed by atoms with E-state index in [0.29, 0.717) is 26.4 Å². The van der Waals surface area contributed by atoms with Gasteiger partial charge in [-0.3, -0.25) is 19.4 Å². The van der Waals surface area contributed by atoms with Crippen LogP contribution in [-0.4, -0.2) is 21.8 Å². The Morgan fingerprint density at radius 3 is 2.42 bits per heavy atom. The van der Waals surface area contributed by atoms with Gasteiger partial charge in [-0.25, -0.2) is 0 Å². The topological polar surface area (TPSA) is 116 Å². The van der Waals surface area contributed by atoms with E-state index >= 15 is 0 Å². The molecule has 158 valence electrons. The summed E-state index contributed by atoms with van der Waals surface area (Å²) in [5, 5.41) is 9.32. The maximum absolute atomic E-state index is 12.8. The Labute approximate surface area is 190 Å². The number of rotatable bonds is 4. The molecule has 3 aromatic rings. The van der Waals surface area contributed by atoms with Crippen molar-refractivity contribution in [2.24, 2.45) is 0 Å². The maximum Gasteiger partial charge on any atom is 0.258 e. The molecule has 0 saturated heterocycles. The predicted molar refractivity (Wildman–Crippen MR) is 121 cm³/mol. The number of carbonyl (C=O) groups is 2. The van der Waals surface area contributed by atoms with Gasteiger partial charge in [0, 0.05) is 32.9 Å². The van der Waals surface area contributed by atoms with Crippen molar-refractivity contribution in [2.45, 2.75) is 12.3 Å². The summed E-state index contributed by atoms with van der Waals surface area (Å²) in [7, 11) is 0. The lowest BCUT2D eigenvalue weighted by Gasteiger charge is -2.23. The van der Waals surface area contributed by atoms with Gasteiger partial charge in [0.25, 0.3) is 5.56 Å². The van der Waals surface area contributed by atoms with Crippen molar-refractivity contribution in [2.75, 3.05) is 16.0 Å². The van der Waals surface area contributed by atoms with Crippen LogP contribution in [0.2, 0.25) is 15.1 Å². The van der Waals surface area contributed by atoms with Crippen LogP contribution in [0.5, 0.6) is 0 Å². The van der Waals surface area contributed by atoms with Gasteiger partial charge in [0.2, 0.25) is 17.8 Å². The van der Waals surface area contributed by atoms with E-state index in [4.69, 9.17) is 34.8 Å². The van der Waals surface area contributed by atoms with Crippen molar-refractivity contribution in [1.29, 1.82) is 0 Å². The molecular weight excluding hydrogens is 465 g/mol. The molecule has 0 aliphatic carbocycles. The first-order valence-electron chi connectivity index (χ1n) is 9.02. The summed E-state index contributed by atoms with van der Waals surface area (Å²) in [5.74, 6) is -1.92. The number of halogens is 3. The van der Waals surface area contributed by atoms with E-state index in [1.165, 1.54) is 0 Å². The lowest BCUT2D eigenvalue weighted by Crippen LogP contribution is -2.36. The van der Waals surface area contributed by atoms with Crippen LogP contribution in [0.3, 0.4) is 0 Å². The lowest BCUT2D eigenvalue weighted by atomic mass is 9.92. The molecule has 0 radical (unpaired) electrons. The highest BCUT2D eigenvalue weighted by Gasteiger charge is 2.34. The molecule has 31 heavy (non-hydrogen) atoms. The number of benzene rings is 2. The summed E-state index contributed by atoms with van der Waals surface area (Å²) in [4.78, 5) is 44.7. The Hall–Kier alpha value is -3.07. The van der Waals surface area contributed by atoms with Gasteiger partial charge in [-0.1, -0.05) is 40.9 Å². The molecule has 1 aromatic heterocycles. The van der Waals surface area contributed by atoms with Crippen LogP contribution in [0.4, 0.5) is 23.1 Å². The van der Waals surface area contributed by atoms with Crippen LogP contribution in [0.25, 0.3) is 0 Å². The summed E-state index contributed by atoms with van der Waals surface area (Å²) in [6.07, 6.45) is -0.194. The molecule has 2 amide bonds. The SMILES string of the molecule is O=C1C[C@H](C(=O)Nc2cccc(Cl)c2)c2c(nc(Nc3cc(Cl)cc(Cl)c3)[nH]c2=O)N1. The minimum Gasteiger partial charge on any atom is -0.326 e. The second-order valence-corrected chi connectivity index (χ2v) is 8.07. The molecule has 4 N–H and O–H groups in total. The minimum atomic E-state index is -1.02.